The summed E-state index contributed by atoms with van der Waals surface area (Å²) in [6.45, 7) is 8.06. The first-order valence-corrected chi connectivity index (χ1v) is 6.83. The van der Waals surface area contributed by atoms with Gasteiger partial charge in [0.05, 0.1) is 6.54 Å². The average molecular weight is 238 g/mol. The Bertz CT molecular complexity index is 217. The zero-order valence-electron chi connectivity index (χ0n) is 11.1. The molecule has 0 aromatic rings. The standard InChI is InChI=1S/C14H26N2O/c1-3-9-16-10-6-14(7-11-16)15-8-5-13-17-12-4-2/h1,14-15H,4-13H2,2H3. The highest BCUT2D eigenvalue weighted by Crippen LogP contribution is 2.09. The second kappa shape index (κ2) is 9.47. The molecule has 3 heteroatoms. The summed E-state index contributed by atoms with van der Waals surface area (Å²) >= 11 is 0. The van der Waals surface area contributed by atoms with Crippen LogP contribution in [0.2, 0.25) is 0 Å². The van der Waals surface area contributed by atoms with Crippen LogP contribution in [0, 0.1) is 12.3 Å². The van der Waals surface area contributed by atoms with Gasteiger partial charge >= 0.3 is 0 Å². The van der Waals surface area contributed by atoms with Gasteiger partial charge in [-0.15, -0.1) is 6.42 Å². The third kappa shape index (κ3) is 6.68. The van der Waals surface area contributed by atoms with Crippen molar-refractivity contribution in [1.29, 1.82) is 0 Å². The molecule has 0 spiro atoms. The van der Waals surface area contributed by atoms with Crippen LogP contribution in [0.4, 0.5) is 0 Å². The van der Waals surface area contributed by atoms with Crippen molar-refractivity contribution in [2.75, 3.05) is 39.4 Å². The van der Waals surface area contributed by atoms with E-state index in [0.29, 0.717) is 6.04 Å². The van der Waals surface area contributed by atoms with Crippen molar-refractivity contribution in [2.24, 2.45) is 0 Å². The van der Waals surface area contributed by atoms with Crippen LogP contribution in [0.5, 0.6) is 0 Å². The van der Waals surface area contributed by atoms with E-state index >= 15 is 0 Å². The van der Waals surface area contributed by atoms with Crippen molar-refractivity contribution < 1.29 is 4.74 Å². The fraction of sp³-hybridized carbons (Fsp3) is 0.857. The van der Waals surface area contributed by atoms with Gasteiger partial charge in [-0.05, 0) is 32.2 Å². The molecule has 1 saturated heterocycles. The van der Waals surface area contributed by atoms with Crippen molar-refractivity contribution in [3.8, 4) is 12.3 Å². The molecule has 98 valence electrons. The molecular weight excluding hydrogens is 212 g/mol. The Kier molecular flexibility index (Phi) is 8.08. The van der Waals surface area contributed by atoms with Crippen molar-refractivity contribution in [3.63, 3.8) is 0 Å². The number of ether oxygens (including phenoxy) is 1. The van der Waals surface area contributed by atoms with Gasteiger partial charge in [0.15, 0.2) is 0 Å². The largest absolute Gasteiger partial charge is 0.381 e. The number of nitrogens with zero attached hydrogens (tertiary/aromatic N) is 1. The van der Waals surface area contributed by atoms with E-state index < -0.39 is 0 Å². The van der Waals surface area contributed by atoms with Gasteiger partial charge in [0.1, 0.15) is 0 Å². The Morgan fingerprint density at radius 1 is 1.35 bits per heavy atom. The van der Waals surface area contributed by atoms with Gasteiger partial charge in [-0.25, -0.2) is 0 Å². The second-order valence-electron chi connectivity index (χ2n) is 4.67. The molecule has 0 unspecified atom stereocenters. The molecule has 0 aromatic carbocycles. The molecule has 0 aliphatic carbocycles. The lowest BCUT2D eigenvalue weighted by Crippen LogP contribution is -2.42. The molecule has 1 aliphatic heterocycles. The number of hydrogen-bond acceptors (Lipinski definition) is 3. The molecule has 0 radical (unpaired) electrons. The second-order valence-corrected chi connectivity index (χ2v) is 4.67. The Morgan fingerprint density at radius 3 is 2.76 bits per heavy atom. The highest BCUT2D eigenvalue weighted by Gasteiger charge is 2.17. The maximum atomic E-state index is 5.45. The fourth-order valence-corrected chi connectivity index (χ4v) is 2.15. The van der Waals surface area contributed by atoms with E-state index in [2.05, 4.69) is 23.1 Å². The minimum absolute atomic E-state index is 0.676. The van der Waals surface area contributed by atoms with Crippen LogP contribution in [-0.2, 0) is 4.74 Å². The van der Waals surface area contributed by atoms with Gasteiger partial charge in [-0.1, -0.05) is 12.8 Å². The molecule has 3 nitrogen and oxygen atoms in total. The first-order valence-electron chi connectivity index (χ1n) is 6.83. The van der Waals surface area contributed by atoms with Crippen molar-refractivity contribution in [2.45, 2.75) is 38.6 Å². The predicted molar refractivity (Wildman–Crippen MR) is 72.0 cm³/mol. The summed E-state index contributed by atoms with van der Waals surface area (Å²) in [5, 5.41) is 3.60. The summed E-state index contributed by atoms with van der Waals surface area (Å²) in [6, 6.07) is 0.676. The van der Waals surface area contributed by atoms with Crippen LogP contribution in [-0.4, -0.2) is 50.3 Å². The molecule has 0 bridgehead atoms. The highest BCUT2D eigenvalue weighted by molar-refractivity contribution is 4.90. The van der Waals surface area contributed by atoms with Gasteiger partial charge in [-0.3, -0.25) is 4.90 Å². The Hall–Kier alpha value is -0.560. The zero-order chi connectivity index (χ0) is 12.3. The van der Waals surface area contributed by atoms with Crippen molar-refractivity contribution in [1.82, 2.24) is 10.2 Å². The average Bonchev–Trinajstić information content (AvgIpc) is 2.36. The minimum Gasteiger partial charge on any atom is -0.381 e. The number of piperidine rings is 1. The summed E-state index contributed by atoms with van der Waals surface area (Å²) in [5.41, 5.74) is 0. The predicted octanol–water partition coefficient (Wildman–Crippen LogP) is 1.49. The summed E-state index contributed by atoms with van der Waals surface area (Å²) < 4.78 is 5.45. The van der Waals surface area contributed by atoms with Crippen LogP contribution in [0.25, 0.3) is 0 Å². The topological polar surface area (TPSA) is 24.5 Å². The lowest BCUT2D eigenvalue weighted by molar-refractivity contribution is 0.130. The van der Waals surface area contributed by atoms with E-state index in [-0.39, 0.29) is 0 Å². The summed E-state index contributed by atoms with van der Waals surface area (Å²) in [4.78, 5) is 2.35. The number of terminal acetylenes is 1. The van der Waals surface area contributed by atoms with Crippen LogP contribution in [0.1, 0.15) is 32.6 Å². The molecule has 1 fully saturated rings. The lowest BCUT2D eigenvalue weighted by atomic mass is 10.1. The minimum atomic E-state index is 0.676. The first kappa shape index (κ1) is 14.5. The van der Waals surface area contributed by atoms with Gasteiger partial charge in [-0.2, -0.15) is 0 Å². The van der Waals surface area contributed by atoms with Gasteiger partial charge in [0, 0.05) is 32.3 Å². The summed E-state index contributed by atoms with van der Waals surface area (Å²) in [5.74, 6) is 2.71. The first-order chi connectivity index (χ1) is 8.36. The molecule has 0 saturated carbocycles. The number of hydrogen-bond donors (Lipinski definition) is 1. The smallest absolute Gasteiger partial charge is 0.0598 e. The van der Waals surface area contributed by atoms with Crippen LogP contribution in [0.15, 0.2) is 0 Å². The van der Waals surface area contributed by atoms with E-state index in [9.17, 15) is 0 Å². The van der Waals surface area contributed by atoms with Crippen molar-refractivity contribution >= 4 is 0 Å². The zero-order valence-corrected chi connectivity index (χ0v) is 11.1. The Labute approximate surface area is 106 Å². The SMILES string of the molecule is C#CCN1CCC(NCCCOCCC)CC1. The maximum Gasteiger partial charge on any atom is 0.0598 e. The molecule has 0 amide bonds. The van der Waals surface area contributed by atoms with Crippen LogP contribution in [0.3, 0.4) is 0 Å². The summed E-state index contributed by atoms with van der Waals surface area (Å²) in [6.07, 6.45) is 9.98. The van der Waals surface area contributed by atoms with E-state index in [1.165, 1.54) is 12.8 Å². The summed E-state index contributed by atoms with van der Waals surface area (Å²) in [7, 11) is 0. The van der Waals surface area contributed by atoms with Gasteiger partial charge in [0.25, 0.3) is 0 Å². The van der Waals surface area contributed by atoms with E-state index in [1.807, 2.05) is 0 Å². The molecule has 1 N–H and O–H groups in total. The number of likely N-dealkylation sites (tertiary alicyclic amines) is 1. The molecule has 0 aromatic heterocycles. The quantitative estimate of drug-likeness (QED) is 0.512. The van der Waals surface area contributed by atoms with Crippen LogP contribution < -0.4 is 5.32 Å². The van der Waals surface area contributed by atoms with E-state index in [0.717, 1.165) is 52.2 Å². The Morgan fingerprint density at radius 2 is 2.12 bits per heavy atom. The van der Waals surface area contributed by atoms with E-state index in [4.69, 9.17) is 11.2 Å². The van der Waals surface area contributed by atoms with Crippen molar-refractivity contribution in [3.05, 3.63) is 0 Å². The molecular formula is C14H26N2O. The third-order valence-electron chi connectivity index (χ3n) is 3.15. The van der Waals surface area contributed by atoms with Gasteiger partial charge < -0.3 is 10.1 Å². The fourth-order valence-electron chi connectivity index (χ4n) is 2.15. The van der Waals surface area contributed by atoms with Gasteiger partial charge in [0.2, 0.25) is 0 Å². The molecule has 17 heavy (non-hydrogen) atoms. The molecule has 1 heterocycles. The molecule has 0 atom stereocenters. The molecule has 1 rings (SSSR count). The Balaban J connectivity index is 1.94. The van der Waals surface area contributed by atoms with Crippen LogP contribution >= 0.6 is 0 Å². The van der Waals surface area contributed by atoms with E-state index in [1.54, 1.807) is 0 Å². The number of rotatable bonds is 8. The normalized spacial score (nSPS) is 18.1. The highest BCUT2D eigenvalue weighted by atomic mass is 16.5. The third-order valence-corrected chi connectivity index (χ3v) is 3.15. The maximum absolute atomic E-state index is 5.45. The monoisotopic (exact) mass is 238 g/mol. The molecule has 1 aliphatic rings. The number of nitrogens with one attached hydrogen (secondary N) is 1. The lowest BCUT2D eigenvalue weighted by Gasteiger charge is -2.31.